The van der Waals surface area contributed by atoms with Gasteiger partial charge in [-0.1, -0.05) is 64.1 Å². The number of amides is 2. The summed E-state index contributed by atoms with van der Waals surface area (Å²) in [7, 11) is 0. The Morgan fingerprint density at radius 2 is 1.54 bits per heavy atom. The van der Waals surface area contributed by atoms with Gasteiger partial charge in [-0.2, -0.15) is 15.2 Å². The van der Waals surface area contributed by atoms with Gasteiger partial charge in [0.2, 0.25) is 0 Å². The summed E-state index contributed by atoms with van der Waals surface area (Å²) in [6.45, 7) is 16.0. The van der Waals surface area contributed by atoms with Crippen LogP contribution >= 0.6 is 0 Å². The highest BCUT2D eigenvalue weighted by Crippen LogP contribution is 2.33. The van der Waals surface area contributed by atoms with Crippen LogP contribution in [-0.4, -0.2) is 28.8 Å². The summed E-state index contributed by atoms with van der Waals surface area (Å²) in [5, 5.41) is 13.4. The fraction of sp³-hybridized carbons (Fsp3) is 0.429. The topological polar surface area (TPSA) is 86.2 Å². The molecule has 0 saturated heterocycles. The second kappa shape index (κ2) is 10.4. The van der Waals surface area contributed by atoms with E-state index in [9.17, 15) is 9.59 Å². The fourth-order valence-corrected chi connectivity index (χ4v) is 3.98. The number of nitrogens with one attached hydrogen (secondary N) is 2. The first-order valence-electron chi connectivity index (χ1n) is 12.1. The SMILES string of the molecule is CC1=NN(c2ccccc2)C(=O)C1/C(=N/NC(C)(C)C)C(=O)Nc1c(C(C)C)cccc1C(C)C. The van der Waals surface area contributed by atoms with Crippen molar-refractivity contribution >= 4 is 34.6 Å². The summed E-state index contributed by atoms with van der Waals surface area (Å²) < 4.78 is 0. The zero-order valence-electron chi connectivity index (χ0n) is 22.0. The first kappa shape index (κ1) is 26.1. The minimum Gasteiger partial charge on any atom is -0.320 e. The van der Waals surface area contributed by atoms with E-state index in [1.807, 2.05) is 69.3 Å². The normalized spacial score (nSPS) is 16.7. The molecule has 186 valence electrons. The number of carbonyl (C=O) groups is 2. The van der Waals surface area contributed by atoms with Crippen molar-refractivity contribution in [2.24, 2.45) is 16.1 Å². The third-order valence-electron chi connectivity index (χ3n) is 5.76. The van der Waals surface area contributed by atoms with Crippen molar-refractivity contribution in [2.45, 2.75) is 72.8 Å². The van der Waals surface area contributed by atoms with E-state index < -0.39 is 17.4 Å². The Morgan fingerprint density at radius 3 is 2.06 bits per heavy atom. The molecular formula is C28H37N5O2. The van der Waals surface area contributed by atoms with Crippen molar-refractivity contribution in [1.82, 2.24) is 5.43 Å². The highest BCUT2D eigenvalue weighted by atomic mass is 16.2. The molecule has 0 fully saturated rings. The number of nitrogens with zero attached hydrogens (tertiary/aromatic N) is 3. The summed E-state index contributed by atoms with van der Waals surface area (Å²) >= 11 is 0. The van der Waals surface area contributed by atoms with Gasteiger partial charge in [0, 0.05) is 11.2 Å². The summed E-state index contributed by atoms with van der Waals surface area (Å²) in [5.74, 6) is -1.19. The highest BCUT2D eigenvalue weighted by molar-refractivity contribution is 6.52. The van der Waals surface area contributed by atoms with E-state index in [1.54, 1.807) is 6.92 Å². The number of anilines is 2. The van der Waals surface area contributed by atoms with Crippen LogP contribution in [0.3, 0.4) is 0 Å². The van der Waals surface area contributed by atoms with Crippen LogP contribution < -0.4 is 15.8 Å². The van der Waals surface area contributed by atoms with Gasteiger partial charge < -0.3 is 10.7 Å². The van der Waals surface area contributed by atoms with Crippen LogP contribution in [0.25, 0.3) is 0 Å². The number of benzene rings is 2. The quantitative estimate of drug-likeness (QED) is 0.400. The molecule has 2 aromatic rings. The maximum absolute atomic E-state index is 13.8. The molecule has 1 unspecified atom stereocenters. The molecule has 2 aromatic carbocycles. The lowest BCUT2D eigenvalue weighted by molar-refractivity contribution is -0.119. The van der Waals surface area contributed by atoms with Crippen LogP contribution in [0.5, 0.6) is 0 Å². The van der Waals surface area contributed by atoms with Gasteiger partial charge in [-0.3, -0.25) is 9.59 Å². The molecule has 0 bridgehead atoms. The minimum atomic E-state index is -0.890. The van der Waals surface area contributed by atoms with E-state index >= 15 is 0 Å². The van der Waals surface area contributed by atoms with Gasteiger partial charge in [0.1, 0.15) is 11.6 Å². The average Bonchev–Trinajstić information content (AvgIpc) is 3.07. The third-order valence-corrected chi connectivity index (χ3v) is 5.76. The molecule has 0 spiro atoms. The number of hydrogen-bond donors (Lipinski definition) is 2. The second-order valence-corrected chi connectivity index (χ2v) is 10.6. The Bertz CT molecular complexity index is 1120. The lowest BCUT2D eigenvalue weighted by Gasteiger charge is -2.23. The summed E-state index contributed by atoms with van der Waals surface area (Å²) in [4.78, 5) is 27.3. The lowest BCUT2D eigenvalue weighted by Crippen LogP contribution is -2.42. The Labute approximate surface area is 208 Å². The molecule has 0 radical (unpaired) electrons. The second-order valence-electron chi connectivity index (χ2n) is 10.6. The maximum atomic E-state index is 13.8. The molecule has 1 aliphatic heterocycles. The van der Waals surface area contributed by atoms with Gasteiger partial charge >= 0.3 is 0 Å². The monoisotopic (exact) mass is 475 g/mol. The lowest BCUT2D eigenvalue weighted by atomic mass is 9.92. The van der Waals surface area contributed by atoms with E-state index in [2.05, 4.69) is 48.6 Å². The predicted molar refractivity (Wildman–Crippen MR) is 144 cm³/mol. The van der Waals surface area contributed by atoms with E-state index in [0.29, 0.717) is 11.4 Å². The van der Waals surface area contributed by atoms with Gasteiger partial charge in [0.25, 0.3) is 11.8 Å². The Hall–Kier alpha value is -3.48. The smallest absolute Gasteiger partial charge is 0.273 e. The van der Waals surface area contributed by atoms with Crippen molar-refractivity contribution in [3.05, 3.63) is 59.7 Å². The molecule has 3 rings (SSSR count). The molecule has 0 aromatic heterocycles. The molecule has 7 nitrogen and oxygen atoms in total. The molecule has 1 heterocycles. The van der Waals surface area contributed by atoms with Crippen LogP contribution in [0, 0.1) is 5.92 Å². The minimum absolute atomic E-state index is 0.0953. The summed E-state index contributed by atoms with van der Waals surface area (Å²) in [6.07, 6.45) is 0. The Balaban J connectivity index is 2.03. The van der Waals surface area contributed by atoms with Crippen molar-refractivity contribution in [2.75, 3.05) is 10.3 Å². The molecule has 1 atom stereocenters. The molecule has 2 amide bonds. The largest absolute Gasteiger partial charge is 0.320 e. The third kappa shape index (κ3) is 5.96. The van der Waals surface area contributed by atoms with Gasteiger partial charge in [-0.15, -0.1) is 0 Å². The molecular weight excluding hydrogens is 438 g/mol. The van der Waals surface area contributed by atoms with E-state index in [0.717, 1.165) is 16.8 Å². The Morgan fingerprint density at radius 1 is 0.971 bits per heavy atom. The summed E-state index contributed by atoms with van der Waals surface area (Å²) in [5.41, 5.74) is 6.78. The maximum Gasteiger partial charge on any atom is 0.273 e. The first-order valence-corrected chi connectivity index (χ1v) is 12.1. The molecule has 2 N–H and O–H groups in total. The standard InChI is InChI=1S/C28H37N5O2/c1-17(2)21-15-12-16-22(18(3)4)24(21)29-26(34)25(30-32-28(6,7)8)23-19(5)31-33(27(23)35)20-13-10-9-11-14-20/h9-18,23,32H,1-8H3,(H,29,34)/b30-25-. The fourth-order valence-electron chi connectivity index (χ4n) is 3.98. The zero-order valence-corrected chi connectivity index (χ0v) is 22.0. The highest BCUT2D eigenvalue weighted by Gasteiger charge is 2.41. The average molecular weight is 476 g/mol. The number of hydrogen-bond acceptors (Lipinski definition) is 5. The van der Waals surface area contributed by atoms with E-state index in [4.69, 9.17) is 0 Å². The number of para-hydroxylation sites is 2. The molecule has 0 saturated carbocycles. The number of carbonyl (C=O) groups excluding carboxylic acids is 2. The Kier molecular flexibility index (Phi) is 7.78. The number of rotatable bonds is 7. The molecule has 35 heavy (non-hydrogen) atoms. The van der Waals surface area contributed by atoms with Gasteiger partial charge in [-0.05, 0) is 62.8 Å². The van der Waals surface area contributed by atoms with Crippen LogP contribution in [0.4, 0.5) is 11.4 Å². The van der Waals surface area contributed by atoms with Crippen molar-refractivity contribution in [3.63, 3.8) is 0 Å². The first-order chi connectivity index (χ1) is 16.4. The molecule has 1 aliphatic rings. The summed E-state index contributed by atoms with van der Waals surface area (Å²) in [6, 6.07) is 15.3. The van der Waals surface area contributed by atoms with Gasteiger partial charge in [0.15, 0.2) is 0 Å². The van der Waals surface area contributed by atoms with Crippen LogP contribution in [0.15, 0.2) is 58.7 Å². The number of hydrazone groups is 2. The van der Waals surface area contributed by atoms with Crippen LogP contribution in [-0.2, 0) is 9.59 Å². The van der Waals surface area contributed by atoms with E-state index in [1.165, 1.54) is 5.01 Å². The zero-order chi connectivity index (χ0) is 25.9. The van der Waals surface area contributed by atoms with Crippen molar-refractivity contribution in [1.29, 1.82) is 0 Å². The molecule has 7 heteroatoms. The predicted octanol–water partition coefficient (Wildman–Crippen LogP) is 5.65. The van der Waals surface area contributed by atoms with Gasteiger partial charge in [0.05, 0.1) is 11.4 Å². The van der Waals surface area contributed by atoms with Crippen molar-refractivity contribution in [3.8, 4) is 0 Å². The van der Waals surface area contributed by atoms with E-state index in [-0.39, 0.29) is 23.5 Å². The molecule has 0 aliphatic carbocycles. The van der Waals surface area contributed by atoms with Crippen molar-refractivity contribution < 1.29 is 9.59 Å². The van der Waals surface area contributed by atoms with Crippen LogP contribution in [0.1, 0.15) is 78.4 Å². The van der Waals surface area contributed by atoms with Crippen LogP contribution in [0.2, 0.25) is 0 Å². The van der Waals surface area contributed by atoms with Gasteiger partial charge in [-0.25, -0.2) is 0 Å².